The lowest BCUT2D eigenvalue weighted by atomic mass is 10.2. The number of hydrogen-bond acceptors (Lipinski definition) is 1. The van der Waals surface area contributed by atoms with Crippen molar-refractivity contribution in [1.29, 1.82) is 0 Å². The minimum atomic E-state index is -0.190. The molecule has 0 saturated heterocycles. The molecule has 0 atom stereocenters. The van der Waals surface area contributed by atoms with Gasteiger partial charge in [-0.1, -0.05) is 27.5 Å². The predicted octanol–water partition coefficient (Wildman–Crippen LogP) is 5.16. The van der Waals surface area contributed by atoms with Crippen molar-refractivity contribution in [1.82, 2.24) is 0 Å². The molecule has 0 aliphatic carbocycles. The second-order valence-electron chi connectivity index (χ2n) is 4.05. The van der Waals surface area contributed by atoms with Crippen LogP contribution in [0.3, 0.4) is 0 Å². The summed E-state index contributed by atoms with van der Waals surface area (Å²) in [7, 11) is 0. The molecule has 0 radical (unpaired) electrons. The van der Waals surface area contributed by atoms with E-state index < -0.39 is 0 Å². The number of halogens is 3. The molecule has 2 aromatic carbocycles. The van der Waals surface area contributed by atoms with Crippen molar-refractivity contribution in [2.45, 2.75) is 13.5 Å². The Balaban J connectivity index is 2.11. The summed E-state index contributed by atoms with van der Waals surface area (Å²) < 4.78 is 14.1. The van der Waals surface area contributed by atoms with Crippen LogP contribution in [0.25, 0.3) is 0 Å². The Morgan fingerprint density at radius 1 is 1.22 bits per heavy atom. The summed E-state index contributed by atoms with van der Waals surface area (Å²) in [6.07, 6.45) is 0. The van der Waals surface area contributed by atoms with Crippen LogP contribution in [0.1, 0.15) is 11.1 Å². The molecule has 1 N–H and O–H groups in total. The Hall–Kier alpha value is -1.06. The van der Waals surface area contributed by atoms with E-state index in [9.17, 15) is 4.39 Å². The average molecular weight is 329 g/mol. The molecule has 18 heavy (non-hydrogen) atoms. The summed E-state index contributed by atoms with van der Waals surface area (Å²) in [6, 6.07) is 10.6. The highest BCUT2D eigenvalue weighted by atomic mass is 79.9. The largest absolute Gasteiger partial charge is 0.381 e. The molecule has 0 unspecified atom stereocenters. The third-order valence-corrected chi connectivity index (χ3v) is 3.66. The van der Waals surface area contributed by atoms with Gasteiger partial charge < -0.3 is 5.32 Å². The molecule has 0 aliphatic rings. The third kappa shape index (κ3) is 3.24. The minimum Gasteiger partial charge on any atom is -0.381 e. The molecule has 0 amide bonds. The summed E-state index contributed by atoms with van der Waals surface area (Å²) >= 11 is 9.42. The molecule has 4 heteroatoms. The van der Waals surface area contributed by atoms with Gasteiger partial charge in [-0.2, -0.15) is 0 Å². The van der Waals surface area contributed by atoms with E-state index in [0.29, 0.717) is 17.1 Å². The lowest BCUT2D eigenvalue weighted by Crippen LogP contribution is -2.00. The van der Waals surface area contributed by atoms with Crippen molar-refractivity contribution < 1.29 is 4.39 Å². The first-order valence-corrected chi connectivity index (χ1v) is 6.67. The van der Waals surface area contributed by atoms with Gasteiger partial charge in [-0.05, 0) is 54.4 Å². The van der Waals surface area contributed by atoms with Gasteiger partial charge in [-0.3, -0.25) is 0 Å². The fourth-order valence-corrected chi connectivity index (χ4v) is 2.21. The zero-order chi connectivity index (χ0) is 13.1. The van der Waals surface area contributed by atoms with Crippen molar-refractivity contribution in [3.63, 3.8) is 0 Å². The Bertz CT molecular complexity index is 572. The monoisotopic (exact) mass is 327 g/mol. The summed E-state index contributed by atoms with van der Waals surface area (Å²) in [5.41, 5.74) is 2.58. The van der Waals surface area contributed by atoms with Crippen molar-refractivity contribution in [2.75, 3.05) is 5.32 Å². The van der Waals surface area contributed by atoms with Crippen LogP contribution in [-0.4, -0.2) is 0 Å². The summed E-state index contributed by atoms with van der Waals surface area (Å²) in [6.45, 7) is 2.38. The van der Waals surface area contributed by atoms with Gasteiger partial charge in [0.05, 0.1) is 0 Å². The maximum absolute atomic E-state index is 13.1. The fourth-order valence-electron chi connectivity index (χ4n) is 1.63. The molecule has 0 fully saturated rings. The normalized spacial score (nSPS) is 10.4. The van der Waals surface area contributed by atoms with Gasteiger partial charge in [-0.25, -0.2) is 4.39 Å². The van der Waals surface area contributed by atoms with E-state index >= 15 is 0 Å². The van der Waals surface area contributed by atoms with Crippen LogP contribution in [0.2, 0.25) is 5.02 Å². The van der Waals surface area contributed by atoms with Gasteiger partial charge >= 0.3 is 0 Å². The number of nitrogens with one attached hydrogen (secondary N) is 1. The first-order valence-electron chi connectivity index (χ1n) is 5.50. The Kier molecular flexibility index (Phi) is 4.25. The lowest BCUT2D eigenvalue weighted by molar-refractivity contribution is 0.618. The molecule has 1 nitrogen and oxygen atoms in total. The molecular formula is C14H12BrClFN. The molecule has 0 saturated carbocycles. The van der Waals surface area contributed by atoms with E-state index in [4.69, 9.17) is 11.6 Å². The van der Waals surface area contributed by atoms with Gasteiger partial charge in [0.1, 0.15) is 5.82 Å². The molecule has 94 valence electrons. The smallest absolute Gasteiger partial charge is 0.126 e. The van der Waals surface area contributed by atoms with Gasteiger partial charge in [0, 0.05) is 21.7 Å². The summed E-state index contributed by atoms with van der Waals surface area (Å²) in [5, 5.41) is 3.94. The standard InChI is InChI=1S/C14H12BrClFN/c1-9-6-12(3-5-14(9)17)18-8-10-7-11(16)2-4-13(10)15/h2-7,18H,8H2,1H3. The summed E-state index contributed by atoms with van der Waals surface area (Å²) in [4.78, 5) is 0. The quantitative estimate of drug-likeness (QED) is 0.820. The van der Waals surface area contributed by atoms with Crippen molar-refractivity contribution in [3.8, 4) is 0 Å². The van der Waals surface area contributed by atoms with Crippen LogP contribution < -0.4 is 5.32 Å². The first kappa shape index (κ1) is 13.4. The average Bonchev–Trinajstić information content (AvgIpc) is 2.34. The predicted molar refractivity (Wildman–Crippen MR) is 77.6 cm³/mol. The number of rotatable bonds is 3. The van der Waals surface area contributed by atoms with Crippen molar-refractivity contribution in [2.24, 2.45) is 0 Å². The highest BCUT2D eigenvalue weighted by Gasteiger charge is 2.02. The van der Waals surface area contributed by atoms with E-state index in [1.165, 1.54) is 6.07 Å². The highest BCUT2D eigenvalue weighted by molar-refractivity contribution is 9.10. The topological polar surface area (TPSA) is 12.0 Å². The molecule has 0 heterocycles. The summed E-state index contributed by atoms with van der Waals surface area (Å²) in [5.74, 6) is -0.190. The van der Waals surface area contributed by atoms with Crippen molar-refractivity contribution >= 4 is 33.2 Å². The molecule has 2 rings (SSSR count). The Morgan fingerprint density at radius 2 is 2.00 bits per heavy atom. The van der Waals surface area contributed by atoms with E-state index in [0.717, 1.165) is 15.7 Å². The van der Waals surface area contributed by atoms with Crippen molar-refractivity contribution in [3.05, 3.63) is 62.8 Å². The third-order valence-electron chi connectivity index (χ3n) is 2.65. The van der Waals surface area contributed by atoms with Gasteiger partial charge in [0.2, 0.25) is 0 Å². The van der Waals surface area contributed by atoms with Crippen LogP contribution in [0, 0.1) is 12.7 Å². The van der Waals surface area contributed by atoms with Crippen LogP contribution in [0.5, 0.6) is 0 Å². The van der Waals surface area contributed by atoms with E-state index in [1.54, 1.807) is 19.1 Å². The number of aryl methyl sites for hydroxylation is 1. The molecule has 0 bridgehead atoms. The number of hydrogen-bond donors (Lipinski definition) is 1. The van der Waals surface area contributed by atoms with Crippen LogP contribution in [-0.2, 0) is 6.54 Å². The van der Waals surface area contributed by atoms with Gasteiger partial charge in [0.15, 0.2) is 0 Å². The number of benzene rings is 2. The first-order chi connectivity index (χ1) is 8.56. The SMILES string of the molecule is Cc1cc(NCc2cc(Cl)ccc2Br)ccc1F. The van der Waals surface area contributed by atoms with Crippen LogP contribution in [0.15, 0.2) is 40.9 Å². The molecule has 0 aromatic heterocycles. The van der Waals surface area contributed by atoms with E-state index in [-0.39, 0.29) is 5.82 Å². The number of anilines is 1. The second-order valence-corrected chi connectivity index (χ2v) is 5.34. The van der Waals surface area contributed by atoms with E-state index in [1.807, 2.05) is 18.2 Å². The maximum Gasteiger partial charge on any atom is 0.126 e. The van der Waals surface area contributed by atoms with Gasteiger partial charge in [0.25, 0.3) is 0 Å². The minimum absolute atomic E-state index is 0.190. The highest BCUT2D eigenvalue weighted by Crippen LogP contribution is 2.22. The van der Waals surface area contributed by atoms with Crippen LogP contribution in [0.4, 0.5) is 10.1 Å². The fraction of sp³-hybridized carbons (Fsp3) is 0.143. The Morgan fingerprint density at radius 3 is 2.72 bits per heavy atom. The molecule has 0 aliphatic heterocycles. The lowest BCUT2D eigenvalue weighted by Gasteiger charge is -2.09. The molecular weight excluding hydrogens is 317 g/mol. The maximum atomic E-state index is 13.1. The molecule has 0 spiro atoms. The van der Waals surface area contributed by atoms with Gasteiger partial charge in [-0.15, -0.1) is 0 Å². The van der Waals surface area contributed by atoms with Crippen LogP contribution >= 0.6 is 27.5 Å². The zero-order valence-electron chi connectivity index (χ0n) is 9.81. The molecule has 2 aromatic rings. The zero-order valence-corrected chi connectivity index (χ0v) is 12.1. The second kappa shape index (κ2) is 5.72. The van der Waals surface area contributed by atoms with E-state index in [2.05, 4.69) is 21.2 Å². The Labute approximate surface area is 119 Å².